The van der Waals surface area contributed by atoms with E-state index in [1.54, 1.807) is 4.72 Å². The van der Waals surface area contributed by atoms with Gasteiger partial charge in [-0.15, -0.1) is 0 Å². The van der Waals surface area contributed by atoms with Crippen molar-refractivity contribution in [1.82, 2.24) is 15.0 Å². The molecule has 84 valence electrons. The summed E-state index contributed by atoms with van der Waals surface area (Å²) >= 11 is 0. The molecule has 1 aromatic rings. The van der Waals surface area contributed by atoms with E-state index in [0.29, 0.717) is 0 Å². The van der Waals surface area contributed by atoms with E-state index in [1.165, 1.54) is 0 Å². The van der Waals surface area contributed by atoms with Crippen LogP contribution in [0.15, 0.2) is 0 Å². The molecule has 0 radical (unpaired) electrons. The molecular formula is C4H8N6O4S. The minimum Gasteiger partial charge on any atom is -0.368 e. The van der Waals surface area contributed by atoms with Gasteiger partial charge < -0.3 is 16.3 Å². The van der Waals surface area contributed by atoms with Crippen LogP contribution in [0.1, 0.15) is 0 Å². The third-order valence-electron chi connectivity index (χ3n) is 0.890. The first-order chi connectivity index (χ1) is 6.87. The van der Waals surface area contributed by atoms with Gasteiger partial charge in [-0.3, -0.25) is 4.55 Å². The highest BCUT2D eigenvalue weighted by atomic mass is 32.2. The molecule has 1 rings (SSSR count). The molecule has 0 atom stereocenters. The summed E-state index contributed by atoms with van der Waals surface area (Å²) in [5, 5.41) is 0. The summed E-state index contributed by atoms with van der Waals surface area (Å²) in [5.41, 5.74) is 10.2. The molecule has 11 heteroatoms. The fourth-order valence-corrected chi connectivity index (χ4v) is 0.892. The van der Waals surface area contributed by atoms with Crippen molar-refractivity contribution in [3.8, 4) is 0 Å². The number of carbonyl (C=O) groups is 1. The zero-order valence-corrected chi connectivity index (χ0v) is 8.10. The average molecular weight is 236 g/mol. The van der Waals surface area contributed by atoms with Crippen molar-refractivity contribution < 1.29 is 17.8 Å². The molecule has 0 aliphatic rings. The number of rotatable bonds is 2. The van der Waals surface area contributed by atoms with E-state index in [0.717, 1.165) is 0 Å². The number of anilines is 3. The van der Waals surface area contributed by atoms with Gasteiger partial charge in [0.15, 0.2) is 0 Å². The van der Waals surface area contributed by atoms with Crippen LogP contribution in [0.4, 0.5) is 17.8 Å². The Bertz CT molecular complexity index is 413. The summed E-state index contributed by atoms with van der Waals surface area (Å²) in [4.78, 5) is 18.1. The van der Waals surface area contributed by atoms with Crippen molar-refractivity contribution in [2.24, 2.45) is 0 Å². The molecule has 1 aromatic heterocycles. The van der Waals surface area contributed by atoms with E-state index in [9.17, 15) is 8.42 Å². The third-order valence-corrected chi connectivity index (χ3v) is 1.33. The maximum atomic E-state index is 10.3. The topological polar surface area (TPSA) is 174 Å². The maximum absolute atomic E-state index is 10.3. The van der Waals surface area contributed by atoms with Gasteiger partial charge in [-0.25, -0.2) is 4.72 Å². The number of aromatic nitrogens is 3. The highest BCUT2D eigenvalue weighted by Crippen LogP contribution is 2.04. The molecule has 0 amide bonds. The van der Waals surface area contributed by atoms with Gasteiger partial charge in [0, 0.05) is 0 Å². The predicted molar refractivity (Wildman–Crippen MR) is 50.9 cm³/mol. The molecule has 0 spiro atoms. The first kappa shape index (κ1) is 13.0. The Morgan fingerprint density at radius 3 is 1.87 bits per heavy atom. The molecule has 6 N–H and O–H groups in total. The Morgan fingerprint density at radius 2 is 1.53 bits per heavy atom. The smallest absolute Gasteiger partial charge is 0.359 e. The van der Waals surface area contributed by atoms with Gasteiger partial charge in [0.2, 0.25) is 17.8 Å². The summed E-state index contributed by atoms with van der Waals surface area (Å²) in [5.74, 6) is -0.940. The second-order valence-corrected chi connectivity index (χ2v) is 3.11. The lowest BCUT2D eigenvalue weighted by Crippen LogP contribution is -2.15. The molecule has 0 saturated heterocycles. The van der Waals surface area contributed by atoms with Crippen LogP contribution in [0.25, 0.3) is 0 Å². The summed E-state index contributed by atoms with van der Waals surface area (Å²) in [6.07, 6.45) is 0. The van der Waals surface area contributed by atoms with E-state index >= 15 is 0 Å². The number of nitrogens with zero attached hydrogens (tertiary/aromatic N) is 3. The van der Waals surface area contributed by atoms with E-state index < -0.39 is 16.3 Å². The molecule has 15 heavy (non-hydrogen) atoms. The zero-order chi connectivity index (χ0) is 12.1. The van der Waals surface area contributed by atoms with Crippen LogP contribution in [0, 0.1) is 0 Å². The maximum Gasteiger partial charge on any atom is 0.359 e. The van der Waals surface area contributed by atoms with Crippen LogP contribution < -0.4 is 16.2 Å². The molecule has 1 heterocycles. The highest BCUT2D eigenvalue weighted by molar-refractivity contribution is 7.87. The van der Waals surface area contributed by atoms with Crippen LogP contribution in [-0.4, -0.2) is 34.7 Å². The van der Waals surface area contributed by atoms with Crippen LogP contribution >= 0.6 is 0 Å². The normalized spacial score (nSPS) is 9.93. The second-order valence-electron chi connectivity index (χ2n) is 1.95. The van der Waals surface area contributed by atoms with E-state index in [4.69, 9.17) is 20.8 Å². The second kappa shape index (κ2) is 5.02. The van der Waals surface area contributed by atoms with Gasteiger partial charge >= 0.3 is 10.3 Å². The predicted octanol–water partition coefficient (Wildman–Crippen LogP) is -1.93. The minimum atomic E-state index is -4.42. The van der Waals surface area contributed by atoms with Gasteiger partial charge in [0.1, 0.15) is 6.79 Å². The Morgan fingerprint density at radius 1 is 1.13 bits per heavy atom. The van der Waals surface area contributed by atoms with Crippen LogP contribution in [0.5, 0.6) is 0 Å². The third kappa shape index (κ3) is 5.33. The van der Waals surface area contributed by atoms with Crippen molar-refractivity contribution in [2.45, 2.75) is 0 Å². The molecule has 0 fully saturated rings. The SMILES string of the molecule is C=O.Nc1nc(N)nc(NS(=O)(=O)O)n1. The minimum absolute atomic E-state index is 0.251. The monoisotopic (exact) mass is 236 g/mol. The fourth-order valence-electron chi connectivity index (χ4n) is 0.570. The molecular weight excluding hydrogens is 228 g/mol. The van der Waals surface area contributed by atoms with Crippen molar-refractivity contribution in [2.75, 3.05) is 16.2 Å². The lowest BCUT2D eigenvalue weighted by Gasteiger charge is -2.01. The lowest BCUT2D eigenvalue weighted by atomic mass is 10.8. The van der Waals surface area contributed by atoms with Crippen molar-refractivity contribution in [3.05, 3.63) is 0 Å². The Kier molecular flexibility index (Phi) is 4.34. The van der Waals surface area contributed by atoms with Gasteiger partial charge in [-0.1, -0.05) is 0 Å². The van der Waals surface area contributed by atoms with Crippen molar-refractivity contribution in [3.63, 3.8) is 0 Å². The van der Waals surface area contributed by atoms with Gasteiger partial charge in [0.05, 0.1) is 0 Å². The molecule has 0 aliphatic carbocycles. The first-order valence-corrected chi connectivity index (χ1v) is 4.62. The molecule has 0 aliphatic heterocycles. The lowest BCUT2D eigenvalue weighted by molar-refractivity contribution is -0.0979. The highest BCUT2D eigenvalue weighted by Gasteiger charge is 2.08. The largest absolute Gasteiger partial charge is 0.368 e. The Balaban J connectivity index is 0.000000921. The van der Waals surface area contributed by atoms with Crippen molar-refractivity contribution in [1.29, 1.82) is 0 Å². The molecule has 0 saturated carbocycles. The first-order valence-electron chi connectivity index (χ1n) is 3.18. The van der Waals surface area contributed by atoms with E-state index in [-0.39, 0.29) is 11.9 Å². The molecule has 0 aromatic carbocycles. The van der Waals surface area contributed by atoms with Crippen molar-refractivity contribution >= 4 is 34.9 Å². The zero-order valence-electron chi connectivity index (χ0n) is 7.28. The average Bonchev–Trinajstić information content (AvgIpc) is 2.02. The number of hydrogen-bond donors (Lipinski definition) is 4. The van der Waals surface area contributed by atoms with E-state index in [2.05, 4.69) is 15.0 Å². The molecule has 0 unspecified atom stereocenters. The van der Waals surface area contributed by atoms with Gasteiger partial charge in [0.25, 0.3) is 0 Å². The summed E-state index contributed by atoms with van der Waals surface area (Å²) in [6, 6.07) is 0. The number of hydrogen-bond acceptors (Lipinski definition) is 8. The number of nitrogen functional groups attached to an aromatic ring is 2. The summed E-state index contributed by atoms with van der Waals surface area (Å²) in [7, 11) is -4.42. The van der Waals surface area contributed by atoms with Crippen LogP contribution in [0.2, 0.25) is 0 Å². The number of nitrogens with two attached hydrogens (primary N) is 2. The Labute approximate surface area is 84.6 Å². The summed E-state index contributed by atoms with van der Waals surface area (Å²) < 4.78 is 30.5. The van der Waals surface area contributed by atoms with E-state index in [1.807, 2.05) is 6.79 Å². The number of carbonyl (C=O) groups excluding carboxylic acids is 1. The van der Waals surface area contributed by atoms with Crippen LogP contribution in [-0.2, 0) is 15.1 Å². The molecule has 10 nitrogen and oxygen atoms in total. The van der Waals surface area contributed by atoms with Crippen LogP contribution in [0.3, 0.4) is 0 Å². The Hall–Kier alpha value is -2.01. The number of nitrogens with one attached hydrogen (secondary N) is 1. The van der Waals surface area contributed by atoms with Gasteiger partial charge in [-0.2, -0.15) is 23.4 Å². The molecule has 0 bridgehead atoms. The quantitative estimate of drug-likeness (QED) is 0.426. The fraction of sp³-hybridized carbons (Fsp3) is 0. The standard InChI is InChI=1S/C3H6N6O3S.CH2O/c4-1-6-2(5)8-3(7-1)9-13(10,11)12;1-2/h(H,10,11,12)(H5,4,5,6,7,8,9);1H2. The summed E-state index contributed by atoms with van der Waals surface area (Å²) in [6.45, 7) is 2.00. The van der Waals surface area contributed by atoms with Gasteiger partial charge in [-0.05, 0) is 0 Å².